The van der Waals surface area contributed by atoms with Crippen molar-refractivity contribution in [3.63, 3.8) is 0 Å². The largest absolute Gasteiger partial charge is 0.491 e. The highest BCUT2D eigenvalue weighted by molar-refractivity contribution is 6.29. The summed E-state index contributed by atoms with van der Waals surface area (Å²) in [4.78, 5) is 4.36. The Labute approximate surface area is 124 Å². The third-order valence-corrected chi connectivity index (χ3v) is 3.69. The van der Waals surface area contributed by atoms with Crippen LogP contribution >= 0.6 is 11.6 Å². The third-order valence-electron chi connectivity index (χ3n) is 3.50. The summed E-state index contributed by atoms with van der Waals surface area (Å²) in [5, 5.41) is 0.380. The highest BCUT2D eigenvalue weighted by atomic mass is 35.5. The van der Waals surface area contributed by atoms with Crippen LogP contribution in [0.25, 0.3) is 0 Å². The lowest BCUT2D eigenvalue weighted by Gasteiger charge is -2.25. The molecule has 0 unspecified atom stereocenters. The topological polar surface area (TPSA) is 49.8 Å². The molecule has 112 valence electrons. The average Bonchev–Trinajstić information content (AvgIpc) is 2.94. The van der Waals surface area contributed by atoms with Gasteiger partial charge in [-0.25, -0.2) is 4.98 Å². The third kappa shape index (κ3) is 3.41. The summed E-state index contributed by atoms with van der Waals surface area (Å²) in [5.74, 6) is 0.659. The Kier molecular flexibility index (Phi) is 5.21. The molecule has 0 radical (unpaired) electrons. The number of nitrogens with zero attached hydrogens (tertiary/aromatic N) is 1. The van der Waals surface area contributed by atoms with Crippen LogP contribution in [-0.4, -0.2) is 45.1 Å². The van der Waals surface area contributed by atoms with Crippen molar-refractivity contribution >= 4 is 11.6 Å². The first kappa shape index (κ1) is 15.5. The van der Waals surface area contributed by atoms with E-state index in [9.17, 15) is 0 Å². The summed E-state index contributed by atoms with van der Waals surface area (Å²) in [6, 6.07) is 3.54. The zero-order valence-electron chi connectivity index (χ0n) is 12.0. The van der Waals surface area contributed by atoms with Gasteiger partial charge < -0.3 is 18.9 Å². The van der Waals surface area contributed by atoms with Crippen molar-refractivity contribution in [1.29, 1.82) is 0 Å². The summed E-state index contributed by atoms with van der Waals surface area (Å²) >= 11 is 6.08. The first-order valence-electron chi connectivity index (χ1n) is 6.56. The van der Waals surface area contributed by atoms with E-state index in [0.717, 1.165) is 12.1 Å². The molecule has 2 rings (SSSR count). The van der Waals surface area contributed by atoms with Crippen LogP contribution in [0.2, 0.25) is 5.15 Å². The normalized spacial score (nSPS) is 23.8. The van der Waals surface area contributed by atoms with Crippen LogP contribution in [-0.2, 0) is 19.8 Å². The molecule has 5 nitrogen and oxygen atoms in total. The van der Waals surface area contributed by atoms with Gasteiger partial charge in [0.1, 0.15) is 23.1 Å². The van der Waals surface area contributed by atoms with E-state index in [1.807, 2.05) is 13.0 Å². The molecule has 2 atom stereocenters. The van der Waals surface area contributed by atoms with Crippen LogP contribution in [0.15, 0.2) is 12.1 Å². The lowest BCUT2D eigenvalue weighted by Crippen LogP contribution is -2.30. The fourth-order valence-electron chi connectivity index (χ4n) is 2.09. The van der Waals surface area contributed by atoms with Gasteiger partial charge in [-0.2, -0.15) is 0 Å². The molecule has 0 N–H and O–H groups in total. The molecule has 1 fully saturated rings. The molecule has 6 heteroatoms. The molecule has 1 saturated heterocycles. The second-order valence-corrected chi connectivity index (χ2v) is 5.26. The molecule has 0 aromatic carbocycles. The van der Waals surface area contributed by atoms with Crippen LogP contribution in [0.4, 0.5) is 0 Å². The minimum Gasteiger partial charge on any atom is -0.491 e. The zero-order valence-corrected chi connectivity index (χ0v) is 12.8. The van der Waals surface area contributed by atoms with E-state index in [-0.39, 0.29) is 6.10 Å². The Morgan fingerprint density at radius 2 is 2.25 bits per heavy atom. The molecule has 1 aromatic heterocycles. The molecule has 2 heterocycles. The predicted octanol–water partition coefficient (Wildman–Crippen LogP) is 2.41. The Morgan fingerprint density at radius 3 is 2.85 bits per heavy atom. The first-order chi connectivity index (χ1) is 9.59. The fourth-order valence-corrected chi connectivity index (χ4v) is 2.28. The van der Waals surface area contributed by atoms with Crippen molar-refractivity contribution in [2.45, 2.75) is 25.0 Å². The number of rotatable bonds is 6. The van der Waals surface area contributed by atoms with Crippen LogP contribution in [0.1, 0.15) is 19.0 Å². The molecule has 1 aliphatic heterocycles. The maximum Gasteiger partial charge on any atom is 0.135 e. The van der Waals surface area contributed by atoms with Crippen LogP contribution < -0.4 is 4.74 Å². The van der Waals surface area contributed by atoms with Gasteiger partial charge in [-0.15, -0.1) is 0 Å². The molecular formula is C14H20ClNO4. The van der Waals surface area contributed by atoms with E-state index >= 15 is 0 Å². The maximum absolute atomic E-state index is 6.08. The van der Waals surface area contributed by atoms with Gasteiger partial charge in [-0.05, 0) is 6.92 Å². The first-order valence-corrected chi connectivity index (χ1v) is 6.94. The summed E-state index contributed by atoms with van der Waals surface area (Å²) in [6.45, 7) is 3.52. The number of hydrogen-bond acceptors (Lipinski definition) is 5. The van der Waals surface area contributed by atoms with Crippen LogP contribution in [0.5, 0.6) is 5.75 Å². The summed E-state index contributed by atoms with van der Waals surface area (Å²) in [6.07, 6.45) is 0.765. The quantitative estimate of drug-likeness (QED) is 0.755. The number of hydrogen-bond donors (Lipinski definition) is 0. The Balaban J connectivity index is 2.19. The minimum absolute atomic E-state index is 0.0107. The standard InChI is InChI=1S/C14H20ClNO4/c1-10(17-2)8-20-11-6-12(16-13(15)7-11)14(18-3)4-5-19-9-14/h6-7,10H,4-5,8-9H2,1-3H3/t10-,14+/m1/s1. The SMILES string of the molecule is CO[C@H](C)COc1cc(Cl)nc([C@]2(OC)CCOC2)c1. The highest BCUT2D eigenvalue weighted by Gasteiger charge is 2.38. The number of methoxy groups -OCH3 is 2. The molecule has 0 amide bonds. The molecule has 0 saturated carbocycles. The Morgan fingerprint density at radius 1 is 1.45 bits per heavy atom. The molecule has 1 aliphatic rings. The predicted molar refractivity (Wildman–Crippen MR) is 75.3 cm³/mol. The average molecular weight is 302 g/mol. The van der Waals surface area contributed by atoms with Gasteiger partial charge in [0.2, 0.25) is 0 Å². The fraction of sp³-hybridized carbons (Fsp3) is 0.643. The maximum atomic E-state index is 6.08. The van der Waals surface area contributed by atoms with E-state index in [4.69, 9.17) is 30.5 Å². The summed E-state index contributed by atoms with van der Waals surface area (Å²) in [5.41, 5.74) is 0.209. The Hall–Kier alpha value is -0.880. The van der Waals surface area contributed by atoms with Gasteiger partial charge in [0.05, 0.1) is 18.4 Å². The monoisotopic (exact) mass is 301 g/mol. The summed E-state index contributed by atoms with van der Waals surface area (Å²) in [7, 11) is 3.31. The minimum atomic E-state index is -0.532. The van der Waals surface area contributed by atoms with Gasteiger partial charge >= 0.3 is 0 Å². The lowest BCUT2D eigenvalue weighted by atomic mass is 9.98. The van der Waals surface area contributed by atoms with E-state index in [0.29, 0.717) is 30.7 Å². The van der Waals surface area contributed by atoms with Gasteiger partial charge in [0.25, 0.3) is 0 Å². The highest BCUT2D eigenvalue weighted by Crippen LogP contribution is 2.35. The number of ether oxygens (including phenoxy) is 4. The van der Waals surface area contributed by atoms with Crippen molar-refractivity contribution in [3.8, 4) is 5.75 Å². The van der Waals surface area contributed by atoms with Gasteiger partial charge in [-0.3, -0.25) is 0 Å². The molecule has 0 bridgehead atoms. The molecule has 0 aliphatic carbocycles. The van der Waals surface area contributed by atoms with E-state index in [1.54, 1.807) is 20.3 Å². The lowest BCUT2D eigenvalue weighted by molar-refractivity contribution is -0.0248. The molecular weight excluding hydrogens is 282 g/mol. The van der Waals surface area contributed by atoms with Crippen molar-refractivity contribution in [2.75, 3.05) is 34.0 Å². The second-order valence-electron chi connectivity index (χ2n) is 4.87. The zero-order chi connectivity index (χ0) is 14.6. The molecule has 1 aromatic rings. The van der Waals surface area contributed by atoms with Crippen molar-refractivity contribution < 1.29 is 18.9 Å². The van der Waals surface area contributed by atoms with Crippen LogP contribution in [0, 0.1) is 0 Å². The van der Waals surface area contributed by atoms with Crippen molar-refractivity contribution in [1.82, 2.24) is 4.98 Å². The smallest absolute Gasteiger partial charge is 0.135 e. The number of pyridine rings is 1. The van der Waals surface area contributed by atoms with Gasteiger partial charge in [0, 0.05) is 39.4 Å². The molecule has 0 spiro atoms. The Bertz CT molecular complexity index is 449. The van der Waals surface area contributed by atoms with Gasteiger partial charge in [-0.1, -0.05) is 11.6 Å². The van der Waals surface area contributed by atoms with E-state index in [2.05, 4.69) is 4.98 Å². The van der Waals surface area contributed by atoms with E-state index in [1.165, 1.54) is 0 Å². The van der Waals surface area contributed by atoms with E-state index < -0.39 is 5.60 Å². The van der Waals surface area contributed by atoms with Crippen LogP contribution in [0.3, 0.4) is 0 Å². The second kappa shape index (κ2) is 6.72. The number of halogens is 1. The van der Waals surface area contributed by atoms with Crippen molar-refractivity contribution in [3.05, 3.63) is 23.0 Å². The molecule has 20 heavy (non-hydrogen) atoms. The summed E-state index contributed by atoms with van der Waals surface area (Å²) < 4.78 is 21.9. The number of aromatic nitrogens is 1. The van der Waals surface area contributed by atoms with Crippen molar-refractivity contribution in [2.24, 2.45) is 0 Å². The van der Waals surface area contributed by atoms with Gasteiger partial charge in [0.15, 0.2) is 0 Å².